The summed E-state index contributed by atoms with van der Waals surface area (Å²) in [5, 5.41) is 24.4. The van der Waals surface area contributed by atoms with Gasteiger partial charge in [0.25, 0.3) is 0 Å². The second-order valence-electron chi connectivity index (χ2n) is 12.2. The molecule has 0 atom stereocenters. The number of nitrogens with zero attached hydrogens (tertiary/aromatic N) is 5. The molecule has 0 saturated heterocycles. The van der Waals surface area contributed by atoms with Crippen LogP contribution in [0.1, 0.15) is 11.1 Å². The smallest absolute Gasteiger partial charge is 0.211 e. The number of fused-ring (bicyclic) bond motifs is 6. The van der Waals surface area contributed by atoms with Gasteiger partial charge in [0.15, 0.2) is 0 Å². The van der Waals surface area contributed by atoms with E-state index in [-0.39, 0.29) is 0 Å². The third kappa shape index (κ3) is 4.24. The first-order valence-corrected chi connectivity index (χ1v) is 16.3. The predicted octanol–water partition coefficient (Wildman–Crippen LogP) is 11.5. The lowest BCUT2D eigenvalue weighted by atomic mass is 9.90. The molecule has 0 radical (unpaired) electrons. The maximum absolute atomic E-state index is 10.5. The number of rotatable bonds is 4. The Labute approximate surface area is 288 Å². The number of nitriles is 2. The van der Waals surface area contributed by atoms with Gasteiger partial charge in [-0.05, 0) is 76.7 Å². The van der Waals surface area contributed by atoms with Gasteiger partial charge in [-0.2, -0.15) is 10.5 Å². The fourth-order valence-electron chi connectivity index (χ4n) is 7.53. The Kier molecular flexibility index (Phi) is 6.56. The first kappa shape index (κ1) is 28.8. The van der Waals surface area contributed by atoms with E-state index in [0.717, 1.165) is 77.2 Å². The molecular weight excluding hydrogens is 611 g/mol. The maximum atomic E-state index is 10.5. The molecule has 0 aliphatic rings. The Hall–Kier alpha value is -7.39. The van der Waals surface area contributed by atoms with E-state index in [1.54, 1.807) is 0 Å². The van der Waals surface area contributed by atoms with Gasteiger partial charge in [0, 0.05) is 27.4 Å². The van der Waals surface area contributed by atoms with Gasteiger partial charge in [-0.3, -0.25) is 0 Å². The minimum absolute atomic E-state index is 0.543. The molecule has 0 spiro atoms. The van der Waals surface area contributed by atoms with E-state index in [2.05, 4.69) is 111 Å². The summed E-state index contributed by atoms with van der Waals surface area (Å²) in [6, 6.07) is 55.5. The quantitative estimate of drug-likeness (QED) is 0.181. The molecule has 9 aromatic rings. The number of hydrogen-bond donors (Lipinski definition) is 0. The fraction of sp³-hybridized carbons (Fsp3) is 0. The summed E-state index contributed by atoms with van der Waals surface area (Å²) in [4.78, 5) is 3.88. The van der Waals surface area contributed by atoms with E-state index in [1.807, 2.05) is 66.7 Å². The van der Waals surface area contributed by atoms with Gasteiger partial charge >= 0.3 is 0 Å². The van der Waals surface area contributed by atoms with Crippen LogP contribution in [0.3, 0.4) is 0 Å². The Morgan fingerprint density at radius 1 is 0.520 bits per heavy atom. The van der Waals surface area contributed by atoms with Crippen LogP contribution >= 0.6 is 0 Å². The van der Waals surface area contributed by atoms with Crippen molar-refractivity contribution in [2.45, 2.75) is 0 Å². The van der Waals surface area contributed by atoms with Crippen molar-refractivity contribution in [3.8, 4) is 45.8 Å². The Morgan fingerprint density at radius 3 is 1.92 bits per heavy atom. The molecule has 5 nitrogen and oxygen atoms in total. The van der Waals surface area contributed by atoms with Gasteiger partial charge in [-0.15, -0.1) is 0 Å². The van der Waals surface area contributed by atoms with Gasteiger partial charge in [0.05, 0.1) is 57.6 Å². The van der Waals surface area contributed by atoms with E-state index >= 15 is 0 Å². The normalized spacial score (nSPS) is 11.1. The second kappa shape index (κ2) is 11.4. The van der Waals surface area contributed by atoms with Gasteiger partial charge in [0.2, 0.25) is 5.69 Å². The monoisotopic (exact) mass is 635 g/mol. The highest BCUT2D eigenvalue weighted by molar-refractivity contribution is 6.14. The first-order valence-electron chi connectivity index (χ1n) is 16.3. The molecule has 0 bridgehead atoms. The Morgan fingerprint density at radius 2 is 1.18 bits per heavy atom. The second-order valence-corrected chi connectivity index (χ2v) is 12.2. The van der Waals surface area contributed by atoms with Crippen LogP contribution in [0.2, 0.25) is 0 Å². The average Bonchev–Trinajstić information content (AvgIpc) is 3.70. The summed E-state index contributed by atoms with van der Waals surface area (Å²) < 4.78 is 4.39. The SMILES string of the molecule is [C-]#[N+]c1cccc2c3cc(C#N)ccc3n(-c3cccc(-c4ccccc4-c4c(C#N)cccc4-n4c5ccccc5c5ccccc54)c3)c12. The van der Waals surface area contributed by atoms with Crippen LogP contribution in [0.15, 0.2) is 152 Å². The Balaban J connectivity index is 1.30. The zero-order valence-electron chi connectivity index (χ0n) is 26.7. The first-order chi connectivity index (χ1) is 24.7. The van der Waals surface area contributed by atoms with Crippen LogP contribution in [0, 0.1) is 29.2 Å². The summed E-state index contributed by atoms with van der Waals surface area (Å²) >= 11 is 0. The van der Waals surface area contributed by atoms with Crippen LogP contribution in [-0.4, -0.2) is 9.13 Å². The van der Waals surface area contributed by atoms with Crippen molar-refractivity contribution in [3.63, 3.8) is 0 Å². The zero-order valence-corrected chi connectivity index (χ0v) is 26.7. The molecule has 0 unspecified atom stereocenters. The lowest BCUT2D eigenvalue weighted by Gasteiger charge is -2.19. The molecule has 0 aliphatic heterocycles. The molecule has 50 heavy (non-hydrogen) atoms. The van der Waals surface area contributed by atoms with Crippen molar-refractivity contribution >= 4 is 49.3 Å². The third-order valence-corrected chi connectivity index (χ3v) is 9.61. The maximum Gasteiger partial charge on any atom is 0.211 e. The topological polar surface area (TPSA) is 61.8 Å². The van der Waals surface area contributed by atoms with Crippen LogP contribution in [-0.2, 0) is 0 Å². The zero-order chi connectivity index (χ0) is 33.8. The van der Waals surface area contributed by atoms with Crippen molar-refractivity contribution in [1.29, 1.82) is 10.5 Å². The third-order valence-electron chi connectivity index (χ3n) is 9.61. The number of aromatic nitrogens is 2. The van der Waals surface area contributed by atoms with Crippen LogP contribution < -0.4 is 0 Å². The van der Waals surface area contributed by atoms with Crippen molar-refractivity contribution in [2.24, 2.45) is 0 Å². The average molecular weight is 636 g/mol. The molecule has 0 aliphatic carbocycles. The van der Waals surface area contributed by atoms with E-state index < -0.39 is 0 Å². The predicted molar refractivity (Wildman–Crippen MR) is 202 cm³/mol. The highest BCUT2D eigenvalue weighted by atomic mass is 15.0. The molecule has 0 fully saturated rings. The van der Waals surface area contributed by atoms with Gasteiger partial charge < -0.3 is 9.13 Å². The molecule has 9 rings (SSSR count). The molecular formula is C45H25N5. The van der Waals surface area contributed by atoms with Crippen molar-refractivity contribution in [1.82, 2.24) is 9.13 Å². The number of hydrogen-bond acceptors (Lipinski definition) is 2. The summed E-state index contributed by atoms with van der Waals surface area (Å²) in [6.45, 7) is 7.99. The largest absolute Gasteiger partial charge is 0.319 e. The molecule has 2 aromatic heterocycles. The molecule has 0 N–H and O–H groups in total. The lowest BCUT2D eigenvalue weighted by Crippen LogP contribution is -2.00. The number of para-hydroxylation sites is 3. The van der Waals surface area contributed by atoms with Crippen LogP contribution in [0.5, 0.6) is 0 Å². The van der Waals surface area contributed by atoms with Crippen LogP contribution in [0.4, 0.5) is 5.69 Å². The van der Waals surface area contributed by atoms with Gasteiger partial charge in [-0.25, -0.2) is 4.85 Å². The minimum Gasteiger partial charge on any atom is -0.319 e. The summed E-state index contributed by atoms with van der Waals surface area (Å²) in [7, 11) is 0. The van der Waals surface area contributed by atoms with Crippen molar-refractivity contribution < 1.29 is 0 Å². The summed E-state index contributed by atoms with van der Waals surface area (Å²) in [5.74, 6) is 0. The standard InChI is InChI=1S/C45H25N5/c1-48-39-19-10-18-37-38-25-29(27-46)23-24-42(38)49(45(37)39)32-13-8-11-30(26-32)33-14-2-3-17-36(33)44-31(28-47)12-9-22-43(44)50-40-20-6-4-15-34(40)35-16-5-7-21-41(35)50/h2-26H. The van der Waals surface area contributed by atoms with Gasteiger partial charge in [-0.1, -0.05) is 97.1 Å². The fourth-order valence-corrected chi connectivity index (χ4v) is 7.53. The van der Waals surface area contributed by atoms with E-state index in [0.29, 0.717) is 16.8 Å². The number of benzene rings is 7. The van der Waals surface area contributed by atoms with Crippen LogP contribution in [0.25, 0.3) is 82.1 Å². The molecule has 0 saturated carbocycles. The van der Waals surface area contributed by atoms with Crippen molar-refractivity contribution in [2.75, 3.05) is 0 Å². The van der Waals surface area contributed by atoms with E-state index in [4.69, 9.17) is 6.57 Å². The molecule has 0 amide bonds. The Bertz CT molecular complexity index is 2920. The lowest BCUT2D eigenvalue weighted by molar-refractivity contribution is 1.18. The highest BCUT2D eigenvalue weighted by Crippen LogP contribution is 2.43. The molecule has 7 aromatic carbocycles. The molecule has 5 heteroatoms. The molecule has 2 heterocycles. The summed E-state index contributed by atoms with van der Waals surface area (Å²) in [5.41, 5.74) is 11.2. The van der Waals surface area contributed by atoms with Gasteiger partial charge in [0.1, 0.15) is 0 Å². The van der Waals surface area contributed by atoms with E-state index in [1.165, 1.54) is 0 Å². The van der Waals surface area contributed by atoms with E-state index in [9.17, 15) is 10.5 Å². The minimum atomic E-state index is 0.543. The highest BCUT2D eigenvalue weighted by Gasteiger charge is 2.21. The molecule has 230 valence electrons. The summed E-state index contributed by atoms with van der Waals surface area (Å²) in [6.07, 6.45) is 0. The van der Waals surface area contributed by atoms with Crippen molar-refractivity contribution in [3.05, 3.63) is 174 Å².